The molecule has 0 saturated heterocycles. The Balaban J connectivity index is 1.54. The molecule has 6 rings (SSSR count). The summed E-state index contributed by atoms with van der Waals surface area (Å²) >= 11 is 0. The summed E-state index contributed by atoms with van der Waals surface area (Å²) in [7, 11) is 3.40. The van der Waals surface area contributed by atoms with Crippen molar-refractivity contribution in [1.82, 2.24) is 9.13 Å². The Bertz CT molecular complexity index is 1580. The first-order valence-electron chi connectivity index (χ1n) is 12.5. The summed E-state index contributed by atoms with van der Waals surface area (Å²) in [6.45, 7) is 4.65. The van der Waals surface area contributed by atoms with Crippen molar-refractivity contribution in [3.8, 4) is 22.9 Å². The predicted octanol–water partition coefficient (Wildman–Crippen LogP) is 7.92. The van der Waals surface area contributed by atoms with E-state index in [4.69, 9.17) is 9.47 Å². The highest BCUT2D eigenvalue weighted by molar-refractivity contribution is 5.91. The number of hydrogen-bond donors (Lipinski definition) is 0. The van der Waals surface area contributed by atoms with Gasteiger partial charge < -0.3 is 18.6 Å². The van der Waals surface area contributed by atoms with Gasteiger partial charge in [-0.2, -0.15) is 0 Å². The Morgan fingerprint density at radius 1 is 0.514 bits per heavy atom. The predicted molar refractivity (Wildman–Crippen MR) is 152 cm³/mol. The van der Waals surface area contributed by atoms with E-state index in [-0.39, 0.29) is 5.41 Å². The zero-order valence-corrected chi connectivity index (χ0v) is 21.6. The molecule has 0 aliphatic rings. The van der Waals surface area contributed by atoms with Crippen LogP contribution in [0.25, 0.3) is 33.2 Å². The molecular formula is C33H30N2O2. The lowest BCUT2D eigenvalue weighted by atomic mass is 9.78. The van der Waals surface area contributed by atoms with Crippen molar-refractivity contribution in [3.05, 3.63) is 121 Å². The highest BCUT2D eigenvalue weighted by atomic mass is 16.5. The topological polar surface area (TPSA) is 28.3 Å². The quantitative estimate of drug-likeness (QED) is 0.239. The third-order valence-electron chi connectivity index (χ3n) is 7.47. The maximum atomic E-state index is 5.38. The van der Waals surface area contributed by atoms with Gasteiger partial charge in [-0.25, -0.2) is 0 Å². The fourth-order valence-corrected chi connectivity index (χ4v) is 5.41. The van der Waals surface area contributed by atoms with Crippen molar-refractivity contribution in [2.24, 2.45) is 0 Å². The third-order valence-corrected chi connectivity index (χ3v) is 7.47. The molecular weight excluding hydrogens is 456 g/mol. The number of ether oxygens (including phenoxy) is 2. The van der Waals surface area contributed by atoms with Crippen molar-refractivity contribution < 1.29 is 9.47 Å². The Morgan fingerprint density at radius 2 is 0.892 bits per heavy atom. The number of nitrogens with zero attached hydrogens (tertiary/aromatic N) is 2. The van der Waals surface area contributed by atoms with Gasteiger partial charge in [-0.1, -0.05) is 50.2 Å². The van der Waals surface area contributed by atoms with E-state index in [1.807, 2.05) is 24.3 Å². The summed E-state index contributed by atoms with van der Waals surface area (Å²) in [6, 6.07) is 33.8. The molecule has 0 fully saturated rings. The molecule has 0 bridgehead atoms. The molecule has 0 amide bonds. The first-order chi connectivity index (χ1) is 18.0. The fourth-order valence-electron chi connectivity index (χ4n) is 5.41. The Hall–Kier alpha value is -4.44. The zero-order valence-electron chi connectivity index (χ0n) is 21.6. The SMILES string of the molecule is COc1ccc(-n2cc(C(C)(C)c3cn(-c4ccc(OC)cc4)c4ccccc34)c3ccccc32)cc1. The van der Waals surface area contributed by atoms with Crippen LogP contribution in [-0.4, -0.2) is 23.4 Å². The monoisotopic (exact) mass is 486 g/mol. The second-order valence-electron chi connectivity index (χ2n) is 9.88. The number of aromatic nitrogens is 2. The molecule has 0 saturated carbocycles. The molecule has 0 unspecified atom stereocenters. The molecule has 0 aliphatic carbocycles. The van der Waals surface area contributed by atoms with E-state index in [1.54, 1.807) is 14.2 Å². The summed E-state index contributed by atoms with van der Waals surface area (Å²) in [4.78, 5) is 0. The summed E-state index contributed by atoms with van der Waals surface area (Å²) in [6.07, 6.45) is 4.60. The van der Waals surface area contributed by atoms with Gasteiger partial charge in [-0.3, -0.25) is 0 Å². The minimum atomic E-state index is -0.255. The summed E-state index contributed by atoms with van der Waals surface area (Å²) in [5.41, 5.74) is 6.92. The fraction of sp³-hybridized carbons (Fsp3) is 0.152. The van der Waals surface area contributed by atoms with Crippen LogP contribution in [0.4, 0.5) is 0 Å². The van der Waals surface area contributed by atoms with Gasteiger partial charge in [-0.05, 0) is 71.8 Å². The largest absolute Gasteiger partial charge is 0.497 e. The third kappa shape index (κ3) is 3.77. The van der Waals surface area contributed by atoms with Crippen molar-refractivity contribution in [2.45, 2.75) is 19.3 Å². The lowest BCUT2D eigenvalue weighted by Gasteiger charge is -2.24. The number of para-hydroxylation sites is 2. The van der Waals surface area contributed by atoms with E-state index in [2.05, 4.69) is 108 Å². The first kappa shape index (κ1) is 23.0. The summed E-state index contributed by atoms with van der Waals surface area (Å²) in [5.74, 6) is 1.71. The molecule has 0 radical (unpaired) electrons. The molecule has 2 heterocycles. The molecule has 0 spiro atoms. The van der Waals surface area contributed by atoms with Gasteiger partial charge in [0.2, 0.25) is 0 Å². The van der Waals surface area contributed by atoms with E-state index in [1.165, 1.54) is 32.9 Å². The number of rotatable bonds is 6. The van der Waals surface area contributed by atoms with Gasteiger partial charge in [0.05, 0.1) is 25.3 Å². The lowest BCUT2D eigenvalue weighted by Crippen LogP contribution is -2.18. The molecule has 184 valence electrons. The second kappa shape index (κ2) is 8.90. The number of hydrogen-bond acceptors (Lipinski definition) is 2. The summed E-state index contributed by atoms with van der Waals surface area (Å²) in [5, 5.41) is 2.51. The highest BCUT2D eigenvalue weighted by Crippen LogP contribution is 2.42. The van der Waals surface area contributed by atoms with E-state index in [0.29, 0.717) is 0 Å². The van der Waals surface area contributed by atoms with Gasteiger partial charge in [0, 0.05) is 40.0 Å². The van der Waals surface area contributed by atoms with Crippen LogP contribution >= 0.6 is 0 Å². The van der Waals surface area contributed by atoms with Crippen LogP contribution in [-0.2, 0) is 5.41 Å². The molecule has 0 aliphatic heterocycles. The van der Waals surface area contributed by atoms with Gasteiger partial charge in [0.1, 0.15) is 11.5 Å². The maximum Gasteiger partial charge on any atom is 0.119 e. The summed E-state index contributed by atoms with van der Waals surface area (Å²) < 4.78 is 15.3. The minimum Gasteiger partial charge on any atom is -0.497 e. The smallest absolute Gasteiger partial charge is 0.119 e. The molecule has 4 aromatic carbocycles. The van der Waals surface area contributed by atoms with E-state index in [0.717, 1.165) is 22.9 Å². The maximum absolute atomic E-state index is 5.38. The Labute approximate surface area is 217 Å². The van der Waals surface area contributed by atoms with Crippen LogP contribution in [0.3, 0.4) is 0 Å². The van der Waals surface area contributed by atoms with Gasteiger partial charge >= 0.3 is 0 Å². The molecule has 2 aromatic heterocycles. The first-order valence-corrected chi connectivity index (χ1v) is 12.5. The standard InChI is InChI=1S/C33H30N2O2/c1-33(2,29-21-34(31-11-7-5-9-27(29)31)23-13-17-25(36-3)18-14-23)30-22-35(32-12-8-6-10-28(30)32)24-15-19-26(37-4)20-16-24/h5-22H,1-4H3. The average molecular weight is 487 g/mol. The van der Waals surface area contributed by atoms with Gasteiger partial charge in [-0.15, -0.1) is 0 Å². The van der Waals surface area contributed by atoms with Crippen LogP contribution in [0.1, 0.15) is 25.0 Å². The lowest BCUT2D eigenvalue weighted by molar-refractivity contribution is 0.414. The molecule has 4 nitrogen and oxygen atoms in total. The van der Waals surface area contributed by atoms with Crippen LogP contribution in [0.15, 0.2) is 109 Å². The van der Waals surface area contributed by atoms with Crippen molar-refractivity contribution in [2.75, 3.05) is 14.2 Å². The second-order valence-corrected chi connectivity index (χ2v) is 9.88. The Morgan fingerprint density at radius 3 is 1.27 bits per heavy atom. The average Bonchev–Trinajstić information content (AvgIpc) is 3.54. The number of methoxy groups -OCH3 is 2. The van der Waals surface area contributed by atoms with Crippen molar-refractivity contribution >= 4 is 21.8 Å². The molecule has 6 aromatic rings. The molecule has 0 atom stereocenters. The number of fused-ring (bicyclic) bond motifs is 2. The molecule has 37 heavy (non-hydrogen) atoms. The van der Waals surface area contributed by atoms with Crippen molar-refractivity contribution in [3.63, 3.8) is 0 Å². The number of benzene rings is 4. The van der Waals surface area contributed by atoms with Crippen molar-refractivity contribution in [1.29, 1.82) is 0 Å². The van der Waals surface area contributed by atoms with Gasteiger partial charge in [0.25, 0.3) is 0 Å². The zero-order chi connectivity index (χ0) is 25.6. The van der Waals surface area contributed by atoms with Crippen LogP contribution < -0.4 is 9.47 Å². The molecule has 0 N–H and O–H groups in total. The van der Waals surface area contributed by atoms with Gasteiger partial charge in [0.15, 0.2) is 0 Å². The van der Waals surface area contributed by atoms with E-state index >= 15 is 0 Å². The van der Waals surface area contributed by atoms with E-state index < -0.39 is 0 Å². The van der Waals surface area contributed by atoms with Crippen LogP contribution in [0.5, 0.6) is 11.5 Å². The Kier molecular flexibility index (Phi) is 5.53. The highest BCUT2D eigenvalue weighted by Gasteiger charge is 2.31. The van der Waals surface area contributed by atoms with E-state index in [9.17, 15) is 0 Å². The van der Waals surface area contributed by atoms with Crippen LogP contribution in [0.2, 0.25) is 0 Å². The molecule has 4 heteroatoms. The van der Waals surface area contributed by atoms with Crippen LogP contribution in [0, 0.1) is 0 Å². The minimum absolute atomic E-state index is 0.255. The normalized spacial score (nSPS) is 11.8.